The first-order chi connectivity index (χ1) is 10.6. The van der Waals surface area contributed by atoms with Gasteiger partial charge in [-0.25, -0.2) is 4.79 Å². The maximum atomic E-state index is 11.4. The van der Waals surface area contributed by atoms with Gasteiger partial charge in [0.05, 0.1) is 5.69 Å². The van der Waals surface area contributed by atoms with Gasteiger partial charge < -0.3 is 5.32 Å². The highest BCUT2D eigenvalue weighted by Gasteiger charge is 2.27. The molecule has 2 aromatic rings. The van der Waals surface area contributed by atoms with Crippen LogP contribution in [-0.4, -0.2) is 27.9 Å². The van der Waals surface area contributed by atoms with Gasteiger partial charge in [-0.15, -0.1) is 0 Å². The fraction of sp³-hybridized carbons (Fsp3) is 0.125. The first-order valence-electron chi connectivity index (χ1n) is 6.63. The van der Waals surface area contributed by atoms with E-state index in [1.807, 2.05) is 25.1 Å². The number of nitrogens with zero attached hydrogens (tertiary/aromatic N) is 2. The van der Waals surface area contributed by atoms with Gasteiger partial charge in [0.1, 0.15) is 0 Å². The average Bonchev–Trinajstić information content (AvgIpc) is 2.84. The van der Waals surface area contributed by atoms with Crippen LogP contribution in [0.2, 0.25) is 0 Å². The van der Waals surface area contributed by atoms with Gasteiger partial charge in [0.25, 0.3) is 5.91 Å². The first kappa shape index (κ1) is 13.8. The molecule has 1 atom stereocenters. The van der Waals surface area contributed by atoms with Crippen molar-refractivity contribution < 1.29 is 9.59 Å². The van der Waals surface area contributed by atoms with Crippen molar-refractivity contribution in [3.05, 3.63) is 47.9 Å². The fourth-order valence-electron chi connectivity index (χ4n) is 2.03. The van der Waals surface area contributed by atoms with Gasteiger partial charge in [0.15, 0.2) is 6.04 Å². The van der Waals surface area contributed by atoms with E-state index in [9.17, 15) is 9.59 Å². The number of carbonyl (C=O) groups excluding carboxylic acids is 2. The van der Waals surface area contributed by atoms with E-state index in [-0.39, 0.29) is 0 Å². The van der Waals surface area contributed by atoms with Crippen molar-refractivity contribution in [2.45, 2.75) is 13.0 Å². The summed E-state index contributed by atoms with van der Waals surface area (Å²) in [4.78, 5) is 30.8. The Balaban J connectivity index is 1.80. The molecule has 0 bridgehead atoms. The Kier molecular flexibility index (Phi) is 3.54. The molecule has 2 aromatic heterocycles. The minimum atomic E-state index is -0.812. The number of nitrogens with one attached hydrogen (secondary N) is 2. The van der Waals surface area contributed by atoms with Crippen molar-refractivity contribution in [2.75, 3.05) is 0 Å². The van der Waals surface area contributed by atoms with Crippen molar-refractivity contribution in [3.8, 4) is 23.1 Å². The SMILES string of the molecule is Cc1ccncc1-c1ccc(C#CC2NC(=O)NC2=O)cn1. The molecule has 0 aromatic carbocycles. The molecule has 3 rings (SSSR count). The molecule has 6 nitrogen and oxygen atoms in total. The molecule has 0 spiro atoms. The summed E-state index contributed by atoms with van der Waals surface area (Å²) < 4.78 is 0. The number of hydrogen-bond acceptors (Lipinski definition) is 4. The number of rotatable bonds is 1. The summed E-state index contributed by atoms with van der Waals surface area (Å²) in [6.45, 7) is 1.99. The van der Waals surface area contributed by atoms with E-state index in [4.69, 9.17) is 0 Å². The van der Waals surface area contributed by atoms with Crippen LogP contribution in [0.25, 0.3) is 11.3 Å². The summed E-state index contributed by atoms with van der Waals surface area (Å²) in [5, 5.41) is 4.54. The van der Waals surface area contributed by atoms with Gasteiger partial charge in [0, 0.05) is 29.7 Å². The van der Waals surface area contributed by atoms with E-state index in [2.05, 4.69) is 32.4 Å². The standard InChI is InChI=1S/C16H12N4O2/c1-10-6-7-17-9-12(10)13-4-2-11(8-18-13)3-5-14-15(21)20-16(22)19-14/h2,4,6-9,14H,1H3,(H2,19,20,21,22). The van der Waals surface area contributed by atoms with Crippen molar-refractivity contribution in [1.82, 2.24) is 20.6 Å². The molecule has 3 heterocycles. The van der Waals surface area contributed by atoms with Crippen LogP contribution in [0.15, 0.2) is 36.8 Å². The topological polar surface area (TPSA) is 84.0 Å². The number of aromatic nitrogens is 2. The normalized spacial score (nSPS) is 16.5. The first-order valence-corrected chi connectivity index (χ1v) is 6.63. The molecular weight excluding hydrogens is 280 g/mol. The Morgan fingerprint density at radius 3 is 2.68 bits per heavy atom. The second-order valence-corrected chi connectivity index (χ2v) is 4.79. The largest absolute Gasteiger partial charge is 0.322 e. The van der Waals surface area contributed by atoms with Crippen molar-refractivity contribution in [1.29, 1.82) is 0 Å². The Morgan fingerprint density at radius 1 is 1.18 bits per heavy atom. The predicted molar refractivity (Wildman–Crippen MR) is 79.5 cm³/mol. The molecule has 0 radical (unpaired) electrons. The number of pyridine rings is 2. The molecule has 22 heavy (non-hydrogen) atoms. The minimum Gasteiger partial charge on any atom is -0.316 e. The van der Waals surface area contributed by atoms with Crippen LogP contribution in [-0.2, 0) is 4.79 Å². The Morgan fingerprint density at radius 2 is 2.05 bits per heavy atom. The molecule has 3 amide bonds. The summed E-state index contributed by atoms with van der Waals surface area (Å²) in [5.41, 5.74) is 3.53. The lowest BCUT2D eigenvalue weighted by Crippen LogP contribution is -2.26. The summed E-state index contributed by atoms with van der Waals surface area (Å²) >= 11 is 0. The van der Waals surface area contributed by atoms with Crippen LogP contribution >= 0.6 is 0 Å². The van der Waals surface area contributed by atoms with Gasteiger partial charge >= 0.3 is 6.03 Å². The summed E-state index contributed by atoms with van der Waals surface area (Å²) in [6.07, 6.45) is 5.13. The van der Waals surface area contributed by atoms with Crippen molar-refractivity contribution >= 4 is 11.9 Å². The van der Waals surface area contributed by atoms with E-state index in [1.165, 1.54) is 0 Å². The van der Waals surface area contributed by atoms with Gasteiger partial charge in [-0.05, 0) is 30.7 Å². The predicted octanol–water partition coefficient (Wildman–Crippen LogP) is 1.01. The number of urea groups is 1. The van der Waals surface area contributed by atoms with E-state index < -0.39 is 18.0 Å². The van der Waals surface area contributed by atoms with Crippen LogP contribution in [0.4, 0.5) is 4.79 Å². The minimum absolute atomic E-state index is 0.437. The highest BCUT2D eigenvalue weighted by molar-refractivity contribution is 6.05. The average molecular weight is 292 g/mol. The van der Waals surface area contributed by atoms with Crippen LogP contribution in [0.1, 0.15) is 11.1 Å². The number of carbonyl (C=O) groups is 2. The van der Waals surface area contributed by atoms with Gasteiger partial charge in [-0.3, -0.25) is 20.1 Å². The third kappa shape index (κ3) is 2.79. The van der Waals surface area contributed by atoms with E-state index >= 15 is 0 Å². The third-order valence-corrected chi connectivity index (χ3v) is 3.21. The second-order valence-electron chi connectivity index (χ2n) is 4.79. The zero-order valence-corrected chi connectivity index (χ0v) is 11.8. The summed E-state index contributed by atoms with van der Waals surface area (Å²) in [5.74, 6) is 5.09. The number of hydrogen-bond donors (Lipinski definition) is 2. The highest BCUT2D eigenvalue weighted by Crippen LogP contribution is 2.19. The number of aryl methyl sites for hydroxylation is 1. The van der Waals surface area contributed by atoms with Crippen LogP contribution in [0.5, 0.6) is 0 Å². The zero-order valence-electron chi connectivity index (χ0n) is 11.8. The van der Waals surface area contributed by atoms with Crippen LogP contribution in [0, 0.1) is 18.8 Å². The Labute approximate surface area is 127 Å². The molecule has 6 heteroatoms. The molecule has 0 aliphatic carbocycles. The fourth-order valence-corrected chi connectivity index (χ4v) is 2.03. The van der Waals surface area contributed by atoms with E-state index in [0.717, 1.165) is 16.8 Å². The maximum Gasteiger partial charge on any atom is 0.322 e. The van der Waals surface area contributed by atoms with Crippen molar-refractivity contribution in [2.24, 2.45) is 0 Å². The summed E-state index contributed by atoms with van der Waals surface area (Å²) in [6, 6.07) is 4.25. The number of imide groups is 1. The smallest absolute Gasteiger partial charge is 0.316 e. The molecular formula is C16H12N4O2. The molecule has 1 fully saturated rings. The zero-order chi connectivity index (χ0) is 15.5. The lowest BCUT2D eigenvalue weighted by Gasteiger charge is -2.03. The molecule has 1 saturated heterocycles. The molecule has 108 valence electrons. The molecule has 1 unspecified atom stereocenters. The van der Waals surface area contributed by atoms with Crippen molar-refractivity contribution in [3.63, 3.8) is 0 Å². The van der Waals surface area contributed by atoms with E-state index in [1.54, 1.807) is 18.6 Å². The van der Waals surface area contributed by atoms with Gasteiger partial charge in [-0.1, -0.05) is 11.8 Å². The quantitative estimate of drug-likeness (QED) is 0.607. The van der Waals surface area contributed by atoms with Crippen LogP contribution < -0.4 is 10.6 Å². The second kappa shape index (κ2) is 5.66. The van der Waals surface area contributed by atoms with Gasteiger partial charge in [-0.2, -0.15) is 0 Å². The highest BCUT2D eigenvalue weighted by atomic mass is 16.2. The Hall–Kier alpha value is -3.20. The van der Waals surface area contributed by atoms with Gasteiger partial charge in [0.2, 0.25) is 0 Å². The molecule has 1 aliphatic heterocycles. The number of amides is 3. The summed E-state index contributed by atoms with van der Waals surface area (Å²) in [7, 11) is 0. The lowest BCUT2D eigenvalue weighted by molar-refractivity contribution is -0.119. The molecule has 2 N–H and O–H groups in total. The monoisotopic (exact) mass is 292 g/mol. The van der Waals surface area contributed by atoms with E-state index in [0.29, 0.717) is 5.56 Å². The lowest BCUT2D eigenvalue weighted by atomic mass is 10.1. The van der Waals surface area contributed by atoms with Crippen LogP contribution in [0.3, 0.4) is 0 Å². The Bertz CT molecular complexity index is 803. The molecule has 0 saturated carbocycles. The molecule has 1 aliphatic rings. The third-order valence-electron chi connectivity index (χ3n) is 3.21. The maximum absolute atomic E-state index is 11.4.